The predicted octanol–water partition coefficient (Wildman–Crippen LogP) is 3.86. The third-order valence-corrected chi connectivity index (χ3v) is 3.79. The van der Waals surface area contributed by atoms with E-state index in [1.165, 1.54) is 5.56 Å². The molecule has 0 bridgehead atoms. The van der Waals surface area contributed by atoms with Crippen molar-refractivity contribution in [2.24, 2.45) is 0 Å². The van der Waals surface area contributed by atoms with Crippen LogP contribution in [0.5, 0.6) is 0 Å². The van der Waals surface area contributed by atoms with Crippen LogP contribution in [0.25, 0.3) is 0 Å². The van der Waals surface area contributed by atoms with Crippen LogP contribution in [-0.4, -0.2) is 18.3 Å². The molecule has 0 saturated carbocycles. The quantitative estimate of drug-likeness (QED) is 0.880. The van der Waals surface area contributed by atoms with Gasteiger partial charge in [0.2, 0.25) is 0 Å². The summed E-state index contributed by atoms with van der Waals surface area (Å²) in [7, 11) is 0. The van der Waals surface area contributed by atoms with Crippen molar-refractivity contribution in [3.05, 3.63) is 35.4 Å². The van der Waals surface area contributed by atoms with Gasteiger partial charge in [-0.1, -0.05) is 31.2 Å². The molecule has 2 unspecified atom stereocenters. The molecule has 19 heavy (non-hydrogen) atoms. The highest BCUT2D eigenvalue weighted by Gasteiger charge is 2.41. The SMILES string of the molecule is CCc1ccc(CC2CCCC(C(F)(F)F)N2)cc1. The molecule has 1 saturated heterocycles. The Morgan fingerprint density at radius 1 is 1.11 bits per heavy atom. The summed E-state index contributed by atoms with van der Waals surface area (Å²) >= 11 is 0. The predicted molar refractivity (Wildman–Crippen MR) is 70.1 cm³/mol. The van der Waals surface area contributed by atoms with Crippen LogP contribution in [0.1, 0.15) is 37.3 Å². The molecule has 1 aliphatic heterocycles. The van der Waals surface area contributed by atoms with E-state index in [2.05, 4.69) is 24.4 Å². The molecule has 1 aliphatic rings. The number of piperidine rings is 1. The van der Waals surface area contributed by atoms with Crippen LogP contribution in [0.15, 0.2) is 24.3 Å². The molecule has 0 spiro atoms. The van der Waals surface area contributed by atoms with E-state index >= 15 is 0 Å². The maximum atomic E-state index is 12.7. The Bertz CT molecular complexity index is 397. The highest BCUT2D eigenvalue weighted by atomic mass is 19.4. The van der Waals surface area contributed by atoms with Crippen molar-refractivity contribution in [3.63, 3.8) is 0 Å². The molecule has 1 aromatic carbocycles. The number of nitrogens with one attached hydrogen (secondary N) is 1. The lowest BCUT2D eigenvalue weighted by molar-refractivity contribution is -0.163. The zero-order chi connectivity index (χ0) is 13.9. The molecule has 0 amide bonds. The van der Waals surface area contributed by atoms with Crippen molar-refractivity contribution in [2.75, 3.05) is 0 Å². The van der Waals surface area contributed by atoms with E-state index < -0.39 is 12.2 Å². The van der Waals surface area contributed by atoms with E-state index in [0.29, 0.717) is 12.8 Å². The first-order valence-electron chi connectivity index (χ1n) is 6.89. The summed E-state index contributed by atoms with van der Waals surface area (Å²) < 4.78 is 38.1. The standard InChI is InChI=1S/C15H20F3N/c1-2-11-6-8-12(9-7-11)10-13-4-3-5-14(19-13)15(16,17)18/h6-9,13-14,19H,2-5,10H2,1H3. The molecule has 2 atom stereocenters. The monoisotopic (exact) mass is 271 g/mol. The Morgan fingerprint density at radius 2 is 1.74 bits per heavy atom. The van der Waals surface area contributed by atoms with Gasteiger partial charge in [0.15, 0.2) is 0 Å². The van der Waals surface area contributed by atoms with Crippen LogP contribution >= 0.6 is 0 Å². The first kappa shape index (κ1) is 14.4. The summed E-state index contributed by atoms with van der Waals surface area (Å²) in [5.74, 6) is 0. The van der Waals surface area contributed by atoms with E-state index in [4.69, 9.17) is 0 Å². The summed E-state index contributed by atoms with van der Waals surface area (Å²) in [4.78, 5) is 0. The lowest BCUT2D eigenvalue weighted by Gasteiger charge is -2.32. The smallest absolute Gasteiger partial charge is 0.303 e. The van der Waals surface area contributed by atoms with Gasteiger partial charge in [-0.25, -0.2) is 0 Å². The van der Waals surface area contributed by atoms with Gasteiger partial charge >= 0.3 is 6.18 Å². The largest absolute Gasteiger partial charge is 0.403 e. The van der Waals surface area contributed by atoms with Gasteiger partial charge in [-0.2, -0.15) is 13.2 Å². The molecular weight excluding hydrogens is 251 g/mol. The number of hydrogen-bond donors (Lipinski definition) is 1. The van der Waals surface area contributed by atoms with Crippen LogP contribution in [0.3, 0.4) is 0 Å². The molecule has 1 nitrogen and oxygen atoms in total. The molecule has 1 aromatic rings. The van der Waals surface area contributed by atoms with E-state index in [1.54, 1.807) is 0 Å². The summed E-state index contributed by atoms with van der Waals surface area (Å²) in [5.41, 5.74) is 2.37. The summed E-state index contributed by atoms with van der Waals surface area (Å²) in [6.07, 6.45) is -0.787. The fraction of sp³-hybridized carbons (Fsp3) is 0.600. The Balaban J connectivity index is 1.94. The number of rotatable bonds is 3. The van der Waals surface area contributed by atoms with Crippen molar-refractivity contribution >= 4 is 0 Å². The number of benzene rings is 1. The van der Waals surface area contributed by atoms with Crippen molar-refractivity contribution in [3.8, 4) is 0 Å². The van der Waals surface area contributed by atoms with Crippen LogP contribution in [0.2, 0.25) is 0 Å². The number of aryl methyl sites for hydroxylation is 1. The van der Waals surface area contributed by atoms with Gasteiger partial charge in [0.25, 0.3) is 0 Å². The van der Waals surface area contributed by atoms with E-state index in [0.717, 1.165) is 18.4 Å². The van der Waals surface area contributed by atoms with E-state index in [9.17, 15) is 13.2 Å². The van der Waals surface area contributed by atoms with Gasteiger partial charge in [-0.15, -0.1) is 0 Å². The molecule has 0 radical (unpaired) electrons. The van der Waals surface area contributed by atoms with Gasteiger partial charge in [0.1, 0.15) is 6.04 Å². The Hall–Kier alpha value is -1.03. The lowest BCUT2D eigenvalue weighted by Crippen LogP contribution is -2.50. The number of halogens is 3. The number of alkyl halides is 3. The van der Waals surface area contributed by atoms with Gasteiger partial charge in [0, 0.05) is 6.04 Å². The number of hydrogen-bond acceptors (Lipinski definition) is 1. The van der Waals surface area contributed by atoms with Crippen molar-refractivity contribution in [2.45, 2.75) is 57.3 Å². The van der Waals surface area contributed by atoms with Gasteiger partial charge in [-0.3, -0.25) is 0 Å². The van der Waals surface area contributed by atoms with Gasteiger partial charge in [-0.05, 0) is 43.2 Å². The van der Waals surface area contributed by atoms with Crippen LogP contribution < -0.4 is 5.32 Å². The normalized spacial score (nSPS) is 24.4. The van der Waals surface area contributed by atoms with Crippen LogP contribution in [-0.2, 0) is 12.8 Å². The second kappa shape index (κ2) is 5.95. The minimum absolute atomic E-state index is 0.0622. The van der Waals surface area contributed by atoms with Crippen LogP contribution in [0.4, 0.5) is 13.2 Å². The van der Waals surface area contributed by atoms with Crippen molar-refractivity contribution in [1.82, 2.24) is 5.32 Å². The molecule has 0 aromatic heterocycles. The zero-order valence-corrected chi connectivity index (χ0v) is 11.1. The second-order valence-corrected chi connectivity index (χ2v) is 5.26. The molecule has 1 heterocycles. The van der Waals surface area contributed by atoms with Crippen molar-refractivity contribution in [1.29, 1.82) is 0 Å². The minimum atomic E-state index is -4.12. The zero-order valence-electron chi connectivity index (χ0n) is 11.1. The molecule has 106 valence electrons. The molecule has 0 aliphatic carbocycles. The molecule has 2 rings (SSSR count). The van der Waals surface area contributed by atoms with E-state index in [1.807, 2.05) is 12.1 Å². The molecule has 1 N–H and O–H groups in total. The fourth-order valence-electron chi connectivity index (χ4n) is 2.63. The highest BCUT2D eigenvalue weighted by molar-refractivity contribution is 5.23. The van der Waals surface area contributed by atoms with E-state index in [-0.39, 0.29) is 12.5 Å². The fourth-order valence-corrected chi connectivity index (χ4v) is 2.63. The maximum Gasteiger partial charge on any atom is 0.403 e. The summed E-state index contributed by atoms with van der Waals surface area (Å²) in [5, 5.41) is 2.75. The third kappa shape index (κ3) is 3.96. The average molecular weight is 271 g/mol. The molecular formula is C15H20F3N. The third-order valence-electron chi connectivity index (χ3n) is 3.79. The summed E-state index contributed by atoms with van der Waals surface area (Å²) in [6, 6.07) is 6.77. The van der Waals surface area contributed by atoms with Crippen LogP contribution in [0, 0.1) is 0 Å². The second-order valence-electron chi connectivity index (χ2n) is 5.26. The molecule has 4 heteroatoms. The Morgan fingerprint density at radius 3 is 2.32 bits per heavy atom. The minimum Gasteiger partial charge on any atom is -0.303 e. The van der Waals surface area contributed by atoms with Crippen molar-refractivity contribution < 1.29 is 13.2 Å². The van der Waals surface area contributed by atoms with Gasteiger partial charge in [0.05, 0.1) is 0 Å². The first-order chi connectivity index (χ1) is 8.99. The lowest BCUT2D eigenvalue weighted by atomic mass is 9.93. The maximum absolute atomic E-state index is 12.7. The highest BCUT2D eigenvalue weighted by Crippen LogP contribution is 2.28. The molecule has 1 fully saturated rings. The van der Waals surface area contributed by atoms with Gasteiger partial charge < -0.3 is 5.32 Å². The average Bonchev–Trinajstić information content (AvgIpc) is 2.39. The Kier molecular flexibility index (Phi) is 4.50. The first-order valence-corrected chi connectivity index (χ1v) is 6.89. The topological polar surface area (TPSA) is 12.0 Å². The Labute approximate surface area is 112 Å². The summed E-state index contributed by atoms with van der Waals surface area (Å²) in [6.45, 7) is 2.09.